The SMILES string of the molecule is N#CCCC(C#N)Cn1cc(Br)cn1. The van der Waals surface area contributed by atoms with E-state index in [9.17, 15) is 0 Å². The third-order valence-corrected chi connectivity index (χ3v) is 2.21. The fraction of sp³-hybridized carbons (Fsp3) is 0.444. The van der Waals surface area contributed by atoms with Crippen LogP contribution < -0.4 is 0 Å². The molecule has 72 valence electrons. The molecule has 1 unspecified atom stereocenters. The summed E-state index contributed by atoms with van der Waals surface area (Å²) in [5.74, 6) is -0.138. The highest BCUT2D eigenvalue weighted by atomic mass is 79.9. The van der Waals surface area contributed by atoms with Crippen LogP contribution in [0.2, 0.25) is 0 Å². The highest BCUT2D eigenvalue weighted by Crippen LogP contribution is 2.11. The minimum atomic E-state index is -0.138. The number of hydrogen-bond acceptors (Lipinski definition) is 3. The molecule has 0 saturated carbocycles. The molecule has 0 aliphatic heterocycles. The van der Waals surface area contributed by atoms with Crippen molar-refractivity contribution >= 4 is 15.9 Å². The summed E-state index contributed by atoms with van der Waals surface area (Å²) in [7, 11) is 0. The predicted molar refractivity (Wildman–Crippen MR) is 53.9 cm³/mol. The van der Waals surface area contributed by atoms with Gasteiger partial charge in [0.05, 0.1) is 35.3 Å². The van der Waals surface area contributed by atoms with Crippen molar-refractivity contribution in [3.05, 3.63) is 16.9 Å². The number of hydrogen-bond donors (Lipinski definition) is 0. The molecule has 0 spiro atoms. The summed E-state index contributed by atoms with van der Waals surface area (Å²) >= 11 is 3.28. The number of nitriles is 2. The number of rotatable bonds is 4. The van der Waals surface area contributed by atoms with Gasteiger partial charge in [0.1, 0.15) is 0 Å². The Morgan fingerprint density at radius 3 is 2.86 bits per heavy atom. The van der Waals surface area contributed by atoms with Gasteiger partial charge in [0.15, 0.2) is 0 Å². The summed E-state index contributed by atoms with van der Waals surface area (Å²) < 4.78 is 2.60. The van der Waals surface area contributed by atoms with Crippen molar-refractivity contribution in [1.29, 1.82) is 10.5 Å². The standard InChI is InChI=1S/C9H9BrN4/c10-9-5-13-14(7-9)6-8(4-12)2-1-3-11/h5,7-8H,1-2,6H2. The van der Waals surface area contributed by atoms with Crippen molar-refractivity contribution in [1.82, 2.24) is 9.78 Å². The lowest BCUT2D eigenvalue weighted by molar-refractivity contribution is 0.476. The summed E-state index contributed by atoms with van der Waals surface area (Å²) in [6.45, 7) is 0.545. The van der Waals surface area contributed by atoms with E-state index in [4.69, 9.17) is 10.5 Å². The zero-order valence-electron chi connectivity index (χ0n) is 7.52. The van der Waals surface area contributed by atoms with Gasteiger partial charge in [-0.1, -0.05) is 0 Å². The van der Waals surface area contributed by atoms with Crippen LogP contribution in [-0.4, -0.2) is 9.78 Å². The van der Waals surface area contributed by atoms with Gasteiger partial charge in [0.25, 0.3) is 0 Å². The first kappa shape index (κ1) is 10.7. The lowest BCUT2D eigenvalue weighted by Crippen LogP contribution is -2.09. The van der Waals surface area contributed by atoms with Crippen LogP contribution in [0.3, 0.4) is 0 Å². The highest BCUT2D eigenvalue weighted by Gasteiger charge is 2.08. The second-order valence-corrected chi connectivity index (χ2v) is 3.82. The summed E-state index contributed by atoms with van der Waals surface area (Å²) in [4.78, 5) is 0. The predicted octanol–water partition coefficient (Wildman–Crippen LogP) is 2.09. The average molecular weight is 253 g/mol. The maximum absolute atomic E-state index is 8.81. The van der Waals surface area contributed by atoms with E-state index in [1.807, 2.05) is 12.3 Å². The maximum Gasteiger partial charge on any atom is 0.0675 e. The number of nitrogens with zero attached hydrogens (tertiary/aromatic N) is 4. The van der Waals surface area contributed by atoms with Gasteiger partial charge in [-0.05, 0) is 22.4 Å². The van der Waals surface area contributed by atoms with Crippen LogP contribution in [0.5, 0.6) is 0 Å². The highest BCUT2D eigenvalue weighted by molar-refractivity contribution is 9.10. The Hall–Kier alpha value is -1.33. The monoisotopic (exact) mass is 252 g/mol. The molecule has 0 fully saturated rings. The summed E-state index contributed by atoms with van der Waals surface area (Å²) in [6.07, 6.45) is 4.51. The largest absolute Gasteiger partial charge is 0.270 e. The van der Waals surface area contributed by atoms with Crippen LogP contribution in [0.25, 0.3) is 0 Å². The summed E-state index contributed by atoms with van der Waals surface area (Å²) in [6, 6.07) is 4.20. The van der Waals surface area contributed by atoms with E-state index in [1.54, 1.807) is 10.9 Å². The second kappa shape index (κ2) is 5.41. The van der Waals surface area contributed by atoms with Gasteiger partial charge >= 0.3 is 0 Å². The molecule has 0 aliphatic rings. The average Bonchev–Trinajstić information content (AvgIpc) is 2.58. The molecule has 1 heterocycles. The second-order valence-electron chi connectivity index (χ2n) is 2.90. The van der Waals surface area contributed by atoms with Crippen LogP contribution in [-0.2, 0) is 6.54 Å². The first-order valence-corrected chi connectivity index (χ1v) is 5.00. The third kappa shape index (κ3) is 3.20. The Morgan fingerprint density at radius 1 is 1.57 bits per heavy atom. The minimum absolute atomic E-state index is 0.138. The number of aromatic nitrogens is 2. The van der Waals surface area contributed by atoms with E-state index in [0.717, 1.165) is 4.47 Å². The van der Waals surface area contributed by atoms with Gasteiger partial charge in [-0.2, -0.15) is 15.6 Å². The normalized spacial score (nSPS) is 11.6. The zero-order valence-corrected chi connectivity index (χ0v) is 9.11. The molecule has 14 heavy (non-hydrogen) atoms. The van der Waals surface area contributed by atoms with Crippen molar-refractivity contribution in [2.24, 2.45) is 5.92 Å². The fourth-order valence-corrected chi connectivity index (χ4v) is 1.43. The summed E-state index contributed by atoms with van der Waals surface area (Å²) in [5.41, 5.74) is 0. The van der Waals surface area contributed by atoms with Gasteiger partial charge in [0, 0.05) is 12.6 Å². The van der Waals surface area contributed by atoms with Crippen LogP contribution in [0.1, 0.15) is 12.8 Å². The van der Waals surface area contributed by atoms with Crippen molar-refractivity contribution in [2.45, 2.75) is 19.4 Å². The lowest BCUT2D eigenvalue weighted by Gasteiger charge is -2.05. The third-order valence-electron chi connectivity index (χ3n) is 1.80. The molecule has 4 nitrogen and oxygen atoms in total. The molecule has 1 aromatic heterocycles. The van der Waals surface area contributed by atoms with Crippen LogP contribution in [0.4, 0.5) is 0 Å². The maximum atomic E-state index is 8.81. The Kier molecular flexibility index (Phi) is 4.15. The van der Waals surface area contributed by atoms with Crippen LogP contribution >= 0.6 is 15.9 Å². The minimum Gasteiger partial charge on any atom is -0.270 e. The topological polar surface area (TPSA) is 65.4 Å². The fourth-order valence-electron chi connectivity index (χ4n) is 1.10. The van der Waals surface area contributed by atoms with E-state index >= 15 is 0 Å². The smallest absolute Gasteiger partial charge is 0.0675 e. The van der Waals surface area contributed by atoms with Gasteiger partial charge in [-0.3, -0.25) is 4.68 Å². The van der Waals surface area contributed by atoms with Gasteiger partial charge in [0.2, 0.25) is 0 Å². The van der Waals surface area contributed by atoms with E-state index in [1.165, 1.54) is 0 Å². The molecule has 0 saturated heterocycles. The summed E-state index contributed by atoms with van der Waals surface area (Å²) in [5, 5.41) is 21.2. The van der Waals surface area contributed by atoms with Crippen molar-refractivity contribution < 1.29 is 0 Å². The molecule has 1 aromatic rings. The molecule has 0 radical (unpaired) electrons. The molecule has 1 atom stereocenters. The Bertz CT molecular complexity index is 371. The molecular weight excluding hydrogens is 244 g/mol. The first-order chi connectivity index (χ1) is 6.76. The van der Waals surface area contributed by atoms with Crippen molar-refractivity contribution in [3.8, 4) is 12.1 Å². The van der Waals surface area contributed by atoms with Crippen LogP contribution in [0, 0.1) is 28.6 Å². The van der Waals surface area contributed by atoms with E-state index in [0.29, 0.717) is 19.4 Å². The molecule has 0 N–H and O–H groups in total. The Balaban J connectivity index is 2.50. The van der Waals surface area contributed by atoms with E-state index in [2.05, 4.69) is 27.1 Å². The molecular formula is C9H9BrN4. The quantitative estimate of drug-likeness (QED) is 0.825. The number of halogens is 1. The van der Waals surface area contributed by atoms with Crippen molar-refractivity contribution in [2.75, 3.05) is 0 Å². The molecule has 0 bridgehead atoms. The van der Waals surface area contributed by atoms with Crippen LogP contribution in [0.15, 0.2) is 16.9 Å². The molecule has 1 rings (SSSR count). The molecule has 5 heteroatoms. The van der Waals surface area contributed by atoms with Gasteiger partial charge in [-0.25, -0.2) is 0 Å². The molecule has 0 amide bonds. The van der Waals surface area contributed by atoms with Gasteiger partial charge < -0.3 is 0 Å². The zero-order chi connectivity index (χ0) is 10.4. The molecule has 0 aliphatic carbocycles. The Labute approximate surface area is 90.9 Å². The lowest BCUT2D eigenvalue weighted by atomic mass is 10.1. The van der Waals surface area contributed by atoms with E-state index in [-0.39, 0.29) is 5.92 Å². The van der Waals surface area contributed by atoms with Gasteiger partial charge in [-0.15, -0.1) is 0 Å². The van der Waals surface area contributed by atoms with Crippen molar-refractivity contribution in [3.63, 3.8) is 0 Å². The first-order valence-electron chi connectivity index (χ1n) is 4.20. The molecule has 0 aromatic carbocycles. The van der Waals surface area contributed by atoms with E-state index < -0.39 is 0 Å². The Morgan fingerprint density at radius 2 is 2.36 bits per heavy atom.